The molecule has 0 bridgehead atoms. The lowest BCUT2D eigenvalue weighted by molar-refractivity contribution is 1.20. The lowest BCUT2D eigenvalue weighted by Gasteiger charge is -2.07. The zero-order valence-electron chi connectivity index (χ0n) is 8.00. The van der Waals surface area contributed by atoms with Crippen molar-refractivity contribution in [3.8, 4) is 0 Å². The van der Waals surface area contributed by atoms with Crippen LogP contribution in [0.4, 0.5) is 5.82 Å². The molecule has 14 heavy (non-hydrogen) atoms. The molecule has 0 unspecified atom stereocenters. The highest BCUT2D eigenvalue weighted by Gasteiger charge is 2.06. The maximum Gasteiger partial charge on any atom is 0.224 e. The molecule has 72 valence electrons. The highest BCUT2D eigenvalue weighted by atomic mass is 35.5. The molecule has 4 heteroatoms. The Labute approximate surface area is 87.1 Å². The van der Waals surface area contributed by atoms with Gasteiger partial charge in [-0.1, -0.05) is 12.1 Å². The van der Waals surface area contributed by atoms with Crippen LogP contribution < -0.4 is 5.32 Å². The van der Waals surface area contributed by atoms with E-state index in [0.717, 1.165) is 22.3 Å². The van der Waals surface area contributed by atoms with Gasteiger partial charge in [-0.25, -0.2) is 9.97 Å². The van der Waals surface area contributed by atoms with Crippen molar-refractivity contribution in [1.29, 1.82) is 0 Å². The van der Waals surface area contributed by atoms with E-state index in [1.165, 1.54) is 0 Å². The van der Waals surface area contributed by atoms with Crippen LogP contribution >= 0.6 is 11.6 Å². The molecule has 2 aromatic rings. The molecule has 3 nitrogen and oxygen atoms in total. The number of aromatic nitrogens is 2. The Bertz CT molecular complexity index is 482. The van der Waals surface area contributed by atoms with Gasteiger partial charge in [0.2, 0.25) is 5.28 Å². The molecular formula is C10H10ClN3. The summed E-state index contributed by atoms with van der Waals surface area (Å²) in [5.74, 6) is 0.776. The number of benzene rings is 1. The third-order valence-electron chi connectivity index (χ3n) is 2.14. The van der Waals surface area contributed by atoms with Gasteiger partial charge in [-0.05, 0) is 30.2 Å². The second-order valence-electron chi connectivity index (χ2n) is 3.06. The Kier molecular flexibility index (Phi) is 2.25. The Balaban J connectivity index is 2.88. The Morgan fingerprint density at radius 2 is 2.07 bits per heavy atom. The lowest BCUT2D eigenvalue weighted by atomic mass is 10.1. The summed E-state index contributed by atoms with van der Waals surface area (Å²) >= 11 is 5.79. The van der Waals surface area contributed by atoms with Crippen LogP contribution in [-0.4, -0.2) is 17.0 Å². The third-order valence-corrected chi connectivity index (χ3v) is 2.31. The molecule has 0 spiro atoms. The standard InChI is InChI=1S/C10H10ClN3/c1-6-4-3-5-7-8(6)9(12-2)14-10(11)13-7/h3-5H,1-2H3,(H,12,13,14). The summed E-state index contributed by atoms with van der Waals surface area (Å²) in [4.78, 5) is 8.28. The van der Waals surface area contributed by atoms with Gasteiger partial charge in [0.05, 0.1) is 5.52 Å². The summed E-state index contributed by atoms with van der Waals surface area (Å²) in [6, 6.07) is 5.91. The van der Waals surface area contributed by atoms with E-state index in [2.05, 4.69) is 15.3 Å². The fourth-order valence-corrected chi connectivity index (χ4v) is 1.68. The van der Waals surface area contributed by atoms with Crippen LogP contribution in [0.25, 0.3) is 10.9 Å². The van der Waals surface area contributed by atoms with Gasteiger partial charge >= 0.3 is 0 Å². The smallest absolute Gasteiger partial charge is 0.224 e. The number of hydrogen-bond donors (Lipinski definition) is 1. The lowest BCUT2D eigenvalue weighted by Crippen LogP contribution is -1.97. The molecular weight excluding hydrogens is 198 g/mol. The minimum absolute atomic E-state index is 0.271. The first-order valence-electron chi connectivity index (χ1n) is 4.33. The maximum absolute atomic E-state index is 5.79. The number of anilines is 1. The van der Waals surface area contributed by atoms with Crippen molar-refractivity contribution in [3.63, 3.8) is 0 Å². The first kappa shape index (κ1) is 9.21. The molecule has 0 atom stereocenters. The van der Waals surface area contributed by atoms with Crippen molar-refractivity contribution < 1.29 is 0 Å². The molecule has 2 rings (SSSR count). The summed E-state index contributed by atoms with van der Waals surface area (Å²) in [5.41, 5.74) is 2.01. The van der Waals surface area contributed by atoms with Crippen LogP contribution in [0.2, 0.25) is 5.28 Å². The molecule has 0 saturated carbocycles. The zero-order chi connectivity index (χ0) is 10.1. The monoisotopic (exact) mass is 207 g/mol. The molecule has 0 fully saturated rings. The van der Waals surface area contributed by atoms with Gasteiger partial charge in [-0.3, -0.25) is 0 Å². The summed E-state index contributed by atoms with van der Waals surface area (Å²) in [5, 5.41) is 4.31. The number of hydrogen-bond acceptors (Lipinski definition) is 3. The van der Waals surface area contributed by atoms with Gasteiger partial charge in [-0.2, -0.15) is 0 Å². The number of fused-ring (bicyclic) bond motifs is 1. The Morgan fingerprint density at radius 3 is 2.79 bits per heavy atom. The highest BCUT2D eigenvalue weighted by molar-refractivity contribution is 6.28. The second kappa shape index (κ2) is 3.42. The first-order valence-corrected chi connectivity index (χ1v) is 4.71. The zero-order valence-corrected chi connectivity index (χ0v) is 8.76. The van der Waals surface area contributed by atoms with Crippen LogP contribution in [0.5, 0.6) is 0 Å². The summed E-state index contributed by atoms with van der Waals surface area (Å²) in [6.07, 6.45) is 0. The van der Waals surface area contributed by atoms with Crippen molar-refractivity contribution in [2.75, 3.05) is 12.4 Å². The van der Waals surface area contributed by atoms with Crippen LogP contribution in [0.1, 0.15) is 5.56 Å². The minimum Gasteiger partial charge on any atom is -0.372 e. The number of rotatable bonds is 1. The van der Waals surface area contributed by atoms with E-state index in [-0.39, 0.29) is 5.28 Å². The molecule has 0 saturated heterocycles. The minimum atomic E-state index is 0.271. The number of halogens is 1. The molecule has 1 aromatic carbocycles. The van der Waals surface area contributed by atoms with E-state index < -0.39 is 0 Å². The van der Waals surface area contributed by atoms with Crippen molar-refractivity contribution in [1.82, 2.24) is 9.97 Å². The molecule has 1 N–H and O–H groups in total. The first-order chi connectivity index (χ1) is 6.72. The highest BCUT2D eigenvalue weighted by Crippen LogP contribution is 2.24. The van der Waals surface area contributed by atoms with Crippen LogP contribution in [0, 0.1) is 6.92 Å². The van der Waals surface area contributed by atoms with E-state index in [9.17, 15) is 0 Å². The fraction of sp³-hybridized carbons (Fsp3) is 0.200. The quantitative estimate of drug-likeness (QED) is 0.731. The van der Waals surface area contributed by atoms with E-state index in [1.807, 2.05) is 32.2 Å². The molecule has 1 heterocycles. The second-order valence-corrected chi connectivity index (χ2v) is 3.40. The van der Waals surface area contributed by atoms with Crippen molar-refractivity contribution in [2.24, 2.45) is 0 Å². The topological polar surface area (TPSA) is 37.8 Å². The molecule has 0 aliphatic heterocycles. The average Bonchev–Trinajstić information content (AvgIpc) is 2.16. The van der Waals surface area contributed by atoms with Gasteiger partial charge < -0.3 is 5.32 Å². The normalized spacial score (nSPS) is 10.5. The Hall–Kier alpha value is -1.35. The predicted molar refractivity (Wildman–Crippen MR) is 58.8 cm³/mol. The largest absolute Gasteiger partial charge is 0.372 e. The van der Waals surface area contributed by atoms with Crippen molar-refractivity contribution >= 4 is 28.3 Å². The molecule has 0 aliphatic carbocycles. The fourth-order valence-electron chi connectivity index (χ4n) is 1.51. The van der Waals surface area contributed by atoms with E-state index in [1.54, 1.807) is 0 Å². The van der Waals surface area contributed by atoms with Crippen molar-refractivity contribution in [2.45, 2.75) is 6.92 Å². The van der Waals surface area contributed by atoms with Crippen LogP contribution in [0.15, 0.2) is 18.2 Å². The summed E-state index contributed by atoms with van der Waals surface area (Å²) in [6.45, 7) is 2.03. The van der Waals surface area contributed by atoms with Crippen molar-refractivity contribution in [3.05, 3.63) is 29.0 Å². The van der Waals surface area contributed by atoms with E-state index >= 15 is 0 Å². The number of nitrogens with one attached hydrogen (secondary N) is 1. The summed E-state index contributed by atoms with van der Waals surface area (Å²) in [7, 11) is 1.82. The van der Waals surface area contributed by atoms with Gasteiger partial charge in [0.25, 0.3) is 0 Å². The van der Waals surface area contributed by atoms with Crippen LogP contribution in [-0.2, 0) is 0 Å². The Morgan fingerprint density at radius 1 is 1.29 bits per heavy atom. The van der Waals surface area contributed by atoms with Gasteiger partial charge in [-0.15, -0.1) is 0 Å². The van der Waals surface area contributed by atoms with Crippen LogP contribution in [0.3, 0.4) is 0 Å². The SMILES string of the molecule is CNc1nc(Cl)nc2cccc(C)c12. The van der Waals surface area contributed by atoms with E-state index in [0.29, 0.717) is 0 Å². The molecule has 0 aliphatic rings. The van der Waals surface area contributed by atoms with Gasteiger partial charge in [0.1, 0.15) is 5.82 Å². The third kappa shape index (κ3) is 1.40. The molecule has 0 radical (unpaired) electrons. The average molecular weight is 208 g/mol. The molecule has 0 amide bonds. The maximum atomic E-state index is 5.79. The van der Waals surface area contributed by atoms with E-state index in [4.69, 9.17) is 11.6 Å². The van der Waals surface area contributed by atoms with Gasteiger partial charge in [0.15, 0.2) is 0 Å². The predicted octanol–water partition coefficient (Wildman–Crippen LogP) is 2.63. The number of nitrogens with zero attached hydrogens (tertiary/aromatic N) is 2. The summed E-state index contributed by atoms with van der Waals surface area (Å²) < 4.78 is 0. The van der Waals surface area contributed by atoms with Gasteiger partial charge in [0, 0.05) is 12.4 Å². The molecule has 1 aromatic heterocycles. The number of aryl methyl sites for hydroxylation is 1.